The topological polar surface area (TPSA) is 111 Å². The third-order valence-corrected chi connectivity index (χ3v) is 0. The van der Waals surface area contributed by atoms with Crippen molar-refractivity contribution < 1.29 is 10.6 Å². The van der Waals surface area contributed by atoms with E-state index in [-0.39, 0.29) is 17.7 Å². The minimum atomic E-state index is -0.167. The Morgan fingerprint density at radius 2 is 1.44 bits per heavy atom. The van der Waals surface area contributed by atoms with Crippen LogP contribution in [-0.4, -0.2) is 16.7 Å². The molecule has 0 bridgehead atoms. The highest BCUT2D eigenvalue weighted by atomic mass is 16.3. The van der Waals surface area contributed by atoms with Crippen molar-refractivity contribution in [1.82, 2.24) is 6.15 Å². The first-order valence-electron chi connectivity index (χ1n) is 2.14. The van der Waals surface area contributed by atoms with Crippen LogP contribution in [0.5, 0.6) is 0 Å². The summed E-state index contributed by atoms with van der Waals surface area (Å²) in [6, 6.07) is 1.75. The molecule has 0 aliphatic carbocycles. The largest absolute Gasteiger partial charge is 0.412 e. The molecule has 0 heterocycles. The Kier molecular flexibility index (Phi) is 69.7. The Morgan fingerprint density at radius 3 is 1.44 bits per heavy atom. The Labute approximate surface area is 56.0 Å². The molecule has 0 saturated carbocycles. The van der Waals surface area contributed by atoms with E-state index in [2.05, 4.69) is 0 Å². The monoisotopic (exact) mass is 136 g/mol. The van der Waals surface area contributed by atoms with Gasteiger partial charge in [0, 0.05) is 13.0 Å². The summed E-state index contributed by atoms with van der Waals surface area (Å²) in [4.78, 5) is 0. The van der Waals surface area contributed by atoms with Crippen molar-refractivity contribution in [2.45, 2.75) is 26.9 Å². The lowest BCUT2D eigenvalue weighted by Gasteiger charge is -1.80. The molecule has 0 radical (unpaired) electrons. The van der Waals surface area contributed by atoms with Gasteiger partial charge in [0.25, 0.3) is 0 Å². The Bertz CT molecular complexity index is 55.7. The van der Waals surface area contributed by atoms with Crippen molar-refractivity contribution in [3.8, 4) is 6.07 Å². The fourth-order valence-electron chi connectivity index (χ4n) is 0. The molecule has 6 N–H and O–H groups in total. The number of aliphatic hydroxyl groups excluding tert-OH is 1. The van der Waals surface area contributed by atoms with Crippen LogP contribution < -0.4 is 6.15 Å². The SMILES string of the molecule is CC#N.CC(C)O.N.O. The molecule has 0 spiro atoms. The molecule has 0 atom stereocenters. The van der Waals surface area contributed by atoms with Gasteiger partial charge in [0.1, 0.15) is 0 Å². The van der Waals surface area contributed by atoms with Crippen LogP contribution in [0.15, 0.2) is 0 Å². The van der Waals surface area contributed by atoms with Crippen molar-refractivity contribution in [2.24, 2.45) is 0 Å². The normalized spacial score (nSPS) is 4.89. The smallest absolute Gasteiger partial charge is 0.0587 e. The van der Waals surface area contributed by atoms with Gasteiger partial charge in [-0.15, -0.1) is 0 Å². The van der Waals surface area contributed by atoms with Gasteiger partial charge in [0.05, 0.1) is 6.07 Å². The predicted molar refractivity (Wildman–Crippen MR) is 37.3 cm³/mol. The molecule has 0 aliphatic heterocycles. The van der Waals surface area contributed by atoms with Crippen molar-refractivity contribution in [3.05, 3.63) is 0 Å². The predicted octanol–water partition coefficient (Wildman–Crippen LogP) is 0.254. The Morgan fingerprint density at radius 1 is 1.44 bits per heavy atom. The van der Waals surface area contributed by atoms with Crippen molar-refractivity contribution >= 4 is 0 Å². The summed E-state index contributed by atoms with van der Waals surface area (Å²) in [6.45, 7) is 4.88. The van der Waals surface area contributed by atoms with Gasteiger partial charge < -0.3 is 16.7 Å². The van der Waals surface area contributed by atoms with Crippen molar-refractivity contribution in [1.29, 1.82) is 5.26 Å². The van der Waals surface area contributed by atoms with Gasteiger partial charge in [0.2, 0.25) is 0 Å². The van der Waals surface area contributed by atoms with Crippen LogP contribution in [0, 0.1) is 11.3 Å². The zero-order chi connectivity index (χ0) is 6.28. The molecular formula is C5H16N2O2. The number of hydrogen-bond donors (Lipinski definition) is 2. The molecule has 0 aromatic heterocycles. The second kappa shape index (κ2) is 26.3. The van der Waals surface area contributed by atoms with E-state index < -0.39 is 0 Å². The second-order valence-corrected chi connectivity index (χ2v) is 1.32. The van der Waals surface area contributed by atoms with Crippen LogP contribution in [0.2, 0.25) is 0 Å². The van der Waals surface area contributed by atoms with Crippen molar-refractivity contribution in [3.63, 3.8) is 0 Å². The highest BCUT2D eigenvalue weighted by molar-refractivity contribution is 4.51. The molecule has 0 aliphatic rings. The molecular weight excluding hydrogens is 120 g/mol. The molecule has 4 nitrogen and oxygen atoms in total. The van der Waals surface area contributed by atoms with E-state index in [1.807, 2.05) is 0 Å². The maximum atomic E-state index is 8.06. The molecule has 0 saturated heterocycles. The number of nitrogens with zero attached hydrogens (tertiary/aromatic N) is 1. The molecule has 9 heavy (non-hydrogen) atoms. The minimum Gasteiger partial charge on any atom is -0.412 e. The van der Waals surface area contributed by atoms with Gasteiger partial charge in [-0.1, -0.05) is 0 Å². The molecule has 0 aromatic carbocycles. The highest BCUT2D eigenvalue weighted by Crippen LogP contribution is 1.65. The second-order valence-electron chi connectivity index (χ2n) is 1.32. The lowest BCUT2D eigenvalue weighted by Crippen LogP contribution is -1.85. The molecule has 0 rings (SSSR count). The fraction of sp³-hybridized carbons (Fsp3) is 0.800. The van der Waals surface area contributed by atoms with E-state index in [9.17, 15) is 0 Å². The van der Waals surface area contributed by atoms with Crippen LogP contribution in [0.3, 0.4) is 0 Å². The standard InChI is InChI=1S/C3H8O.C2H3N.H3N.H2O/c1-3(2)4;1-2-3;;/h3-4H,1-2H3;1H3;1H3;1H2. The number of rotatable bonds is 0. The molecule has 4 heteroatoms. The van der Waals surface area contributed by atoms with Crippen LogP contribution in [0.25, 0.3) is 0 Å². The van der Waals surface area contributed by atoms with E-state index in [0.29, 0.717) is 0 Å². The van der Waals surface area contributed by atoms with Gasteiger partial charge in [-0.05, 0) is 13.8 Å². The van der Waals surface area contributed by atoms with Gasteiger partial charge in [0.15, 0.2) is 0 Å². The lowest BCUT2D eigenvalue weighted by atomic mass is 10.5. The summed E-state index contributed by atoms with van der Waals surface area (Å²) in [5.41, 5.74) is 0. The van der Waals surface area contributed by atoms with Crippen molar-refractivity contribution in [2.75, 3.05) is 0 Å². The number of nitriles is 1. The third-order valence-electron chi connectivity index (χ3n) is 0. The summed E-state index contributed by atoms with van der Waals surface area (Å²) in [7, 11) is 0. The van der Waals surface area contributed by atoms with E-state index in [1.54, 1.807) is 19.9 Å². The maximum absolute atomic E-state index is 8.06. The summed E-state index contributed by atoms with van der Waals surface area (Å²) in [5, 5.41) is 15.4. The lowest BCUT2D eigenvalue weighted by molar-refractivity contribution is 0.216. The number of hydrogen-bond acceptors (Lipinski definition) is 3. The third kappa shape index (κ3) is 535. The molecule has 0 fully saturated rings. The van der Waals surface area contributed by atoms with Crippen LogP contribution >= 0.6 is 0 Å². The van der Waals surface area contributed by atoms with Crippen LogP contribution in [-0.2, 0) is 0 Å². The molecule has 0 unspecified atom stereocenters. The van der Waals surface area contributed by atoms with Gasteiger partial charge in [-0.25, -0.2) is 0 Å². The molecule has 0 aromatic rings. The average Bonchev–Trinajstić information content (AvgIpc) is 1.33. The van der Waals surface area contributed by atoms with Crippen LogP contribution in [0.1, 0.15) is 20.8 Å². The summed E-state index contributed by atoms with van der Waals surface area (Å²) in [6.07, 6.45) is -0.167. The van der Waals surface area contributed by atoms with Gasteiger partial charge in [-0.2, -0.15) is 5.26 Å². The first-order valence-corrected chi connectivity index (χ1v) is 2.14. The number of aliphatic hydroxyl groups is 1. The summed E-state index contributed by atoms with van der Waals surface area (Å²) < 4.78 is 0. The first kappa shape index (κ1) is 23.8. The van der Waals surface area contributed by atoms with E-state index in [4.69, 9.17) is 10.4 Å². The fourth-order valence-corrected chi connectivity index (χ4v) is 0. The maximum Gasteiger partial charge on any atom is 0.0587 e. The molecule has 0 amide bonds. The Balaban J connectivity index is -0.0000000233. The minimum absolute atomic E-state index is 0. The Hall–Kier alpha value is -0.630. The van der Waals surface area contributed by atoms with E-state index >= 15 is 0 Å². The zero-order valence-corrected chi connectivity index (χ0v) is 6.18. The average molecular weight is 136 g/mol. The summed E-state index contributed by atoms with van der Waals surface area (Å²) in [5.74, 6) is 0. The van der Waals surface area contributed by atoms with E-state index in [0.717, 1.165) is 0 Å². The molecule has 58 valence electrons. The van der Waals surface area contributed by atoms with E-state index in [1.165, 1.54) is 6.92 Å². The quantitative estimate of drug-likeness (QED) is 0.498. The van der Waals surface area contributed by atoms with Crippen LogP contribution in [0.4, 0.5) is 0 Å². The summed E-state index contributed by atoms with van der Waals surface area (Å²) >= 11 is 0. The van der Waals surface area contributed by atoms with Gasteiger partial charge in [-0.3, -0.25) is 0 Å². The zero-order valence-electron chi connectivity index (χ0n) is 6.18. The first-order chi connectivity index (χ1) is 3.15. The van der Waals surface area contributed by atoms with Gasteiger partial charge >= 0.3 is 0 Å². The highest BCUT2D eigenvalue weighted by Gasteiger charge is 1.69.